The zero-order valence-corrected chi connectivity index (χ0v) is 12.1. The molecule has 2 aromatic rings. The molecule has 1 aromatic heterocycles. The number of benzene rings is 1. The number of rotatable bonds is 3. The predicted molar refractivity (Wildman–Crippen MR) is 78.1 cm³/mol. The molecular weight excluding hydrogens is 280 g/mol. The van der Waals surface area contributed by atoms with Crippen LogP contribution in [0.25, 0.3) is 0 Å². The van der Waals surface area contributed by atoms with Crippen LogP contribution in [-0.2, 0) is 13.5 Å². The quantitative estimate of drug-likeness (QED) is 0.674. The minimum atomic E-state index is -0.0163. The number of halogens is 1. The number of hydrogen-bond donors (Lipinski definition) is 2. The Morgan fingerprint density at radius 1 is 1.53 bits per heavy atom. The van der Waals surface area contributed by atoms with Gasteiger partial charge >= 0.3 is 0 Å². The summed E-state index contributed by atoms with van der Waals surface area (Å²) in [5, 5.41) is 5.17. The molecule has 0 fully saturated rings. The van der Waals surface area contributed by atoms with Gasteiger partial charge < -0.3 is 0 Å². The van der Waals surface area contributed by atoms with Gasteiger partial charge in [0.05, 0.1) is 23.0 Å². The second-order valence-corrected chi connectivity index (χ2v) is 6.30. The van der Waals surface area contributed by atoms with E-state index in [4.69, 9.17) is 17.4 Å². The van der Waals surface area contributed by atoms with Crippen LogP contribution in [0.2, 0.25) is 5.02 Å². The van der Waals surface area contributed by atoms with Crippen molar-refractivity contribution < 1.29 is 0 Å². The number of fused-ring (bicyclic) bond motifs is 1. The molecule has 0 radical (unpaired) electrons. The van der Waals surface area contributed by atoms with E-state index in [1.165, 1.54) is 10.5 Å². The number of hydrogen-bond acceptors (Lipinski definition) is 4. The molecule has 2 unspecified atom stereocenters. The highest BCUT2D eigenvalue weighted by Gasteiger charge is 2.32. The van der Waals surface area contributed by atoms with Gasteiger partial charge in [-0.05, 0) is 18.1 Å². The Bertz CT molecular complexity index is 554. The topological polar surface area (TPSA) is 55.9 Å². The van der Waals surface area contributed by atoms with Crippen LogP contribution < -0.4 is 11.3 Å². The molecule has 2 heterocycles. The van der Waals surface area contributed by atoms with E-state index in [1.807, 2.05) is 18.8 Å². The highest BCUT2D eigenvalue weighted by Crippen LogP contribution is 2.43. The minimum absolute atomic E-state index is 0.0163. The van der Waals surface area contributed by atoms with Gasteiger partial charge in [0.2, 0.25) is 0 Å². The van der Waals surface area contributed by atoms with E-state index in [0.29, 0.717) is 10.3 Å². The highest BCUT2D eigenvalue weighted by molar-refractivity contribution is 8.00. The van der Waals surface area contributed by atoms with E-state index in [2.05, 4.69) is 34.8 Å². The lowest BCUT2D eigenvalue weighted by molar-refractivity contribution is 0.494. The highest BCUT2D eigenvalue weighted by atomic mass is 35.5. The fourth-order valence-corrected chi connectivity index (χ4v) is 4.20. The summed E-state index contributed by atoms with van der Waals surface area (Å²) in [4.78, 5) is 1.33. The summed E-state index contributed by atoms with van der Waals surface area (Å²) < 4.78 is 1.79. The largest absolute Gasteiger partial charge is 0.271 e. The fourth-order valence-electron chi connectivity index (χ4n) is 2.53. The summed E-state index contributed by atoms with van der Waals surface area (Å²) >= 11 is 8.06. The third kappa shape index (κ3) is 2.27. The van der Waals surface area contributed by atoms with Crippen LogP contribution in [0.5, 0.6) is 0 Å². The van der Waals surface area contributed by atoms with Crippen molar-refractivity contribution in [3.05, 3.63) is 46.7 Å². The maximum atomic E-state index is 6.22. The Morgan fingerprint density at radius 2 is 2.32 bits per heavy atom. The summed E-state index contributed by atoms with van der Waals surface area (Å²) in [6.45, 7) is 0. The zero-order chi connectivity index (χ0) is 13.4. The van der Waals surface area contributed by atoms with E-state index in [1.54, 1.807) is 10.9 Å². The number of thioether (sulfide) groups is 1. The molecule has 0 bridgehead atoms. The Balaban J connectivity index is 1.90. The zero-order valence-electron chi connectivity index (χ0n) is 10.5. The summed E-state index contributed by atoms with van der Waals surface area (Å²) in [6, 6.07) is 8.44. The van der Waals surface area contributed by atoms with E-state index in [-0.39, 0.29) is 6.04 Å². The number of hydrazine groups is 1. The molecule has 4 nitrogen and oxygen atoms in total. The third-order valence-electron chi connectivity index (χ3n) is 3.46. The molecule has 1 aliphatic heterocycles. The normalized spacial score (nSPS) is 19.4. The summed E-state index contributed by atoms with van der Waals surface area (Å²) in [6.07, 6.45) is 2.64. The molecule has 0 aliphatic carbocycles. The Hall–Kier alpha value is -1.01. The Labute approximate surface area is 121 Å². The van der Waals surface area contributed by atoms with Crippen LogP contribution in [0.1, 0.15) is 17.3 Å². The predicted octanol–water partition coefficient (Wildman–Crippen LogP) is 2.29. The molecule has 1 aromatic carbocycles. The molecular formula is C13H15ClN4S. The number of nitrogens with two attached hydrogens (primary N) is 1. The van der Waals surface area contributed by atoms with E-state index in [0.717, 1.165) is 12.1 Å². The molecule has 1 aliphatic rings. The summed E-state index contributed by atoms with van der Waals surface area (Å²) in [5.74, 6) is 5.75. The molecule has 19 heavy (non-hydrogen) atoms. The van der Waals surface area contributed by atoms with Crippen molar-refractivity contribution in [2.24, 2.45) is 12.9 Å². The Morgan fingerprint density at radius 3 is 2.95 bits per heavy atom. The van der Waals surface area contributed by atoms with Crippen LogP contribution in [0.4, 0.5) is 0 Å². The monoisotopic (exact) mass is 294 g/mol. The minimum Gasteiger partial charge on any atom is -0.271 e. The van der Waals surface area contributed by atoms with Crippen molar-refractivity contribution in [1.29, 1.82) is 0 Å². The number of nitrogens with zero attached hydrogens (tertiary/aromatic N) is 2. The molecule has 2 atom stereocenters. The van der Waals surface area contributed by atoms with Crippen LogP contribution in [0, 0.1) is 0 Å². The van der Waals surface area contributed by atoms with Crippen molar-refractivity contribution >= 4 is 23.4 Å². The maximum absolute atomic E-state index is 6.22. The molecule has 3 rings (SSSR count). The van der Waals surface area contributed by atoms with E-state index in [9.17, 15) is 0 Å². The molecule has 100 valence electrons. The first-order chi connectivity index (χ1) is 9.20. The van der Waals surface area contributed by atoms with Gasteiger partial charge in [-0.25, -0.2) is 0 Å². The van der Waals surface area contributed by atoms with Crippen LogP contribution in [-0.4, -0.2) is 15.0 Å². The number of aromatic nitrogens is 2. The van der Waals surface area contributed by atoms with Crippen molar-refractivity contribution in [3.63, 3.8) is 0 Å². The second-order valence-electron chi connectivity index (χ2n) is 4.61. The lowest BCUT2D eigenvalue weighted by Gasteiger charge is -2.22. The first-order valence-electron chi connectivity index (χ1n) is 6.09. The molecule has 0 saturated carbocycles. The first-order valence-corrected chi connectivity index (χ1v) is 7.34. The third-order valence-corrected chi connectivity index (χ3v) is 5.14. The maximum Gasteiger partial charge on any atom is 0.0834 e. The van der Waals surface area contributed by atoms with Crippen LogP contribution in [0.3, 0.4) is 0 Å². The average molecular weight is 295 g/mol. The van der Waals surface area contributed by atoms with Gasteiger partial charge in [0.1, 0.15) is 0 Å². The fraction of sp³-hybridized carbons (Fsp3) is 0.308. The van der Waals surface area contributed by atoms with Gasteiger partial charge in [-0.1, -0.05) is 29.8 Å². The molecule has 0 amide bonds. The molecule has 3 N–H and O–H groups in total. The molecule has 6 heteroatoms. The number of nitrogens with one attached hydrogen (secondary N) is 1. The SMILES string of the molecule is Cn1ncc(Cl)c1C(NN)C1Cc2ccccc2S1. The standard InChI is InChI=1S/C13H15ClN4S/c1-18-13(9(14)7-16-18)12(17-15)11-6-8-4-2-3-5-10(8)19-11/h2-5,7,11-12,17H,6,15H2,1H3. The average Bonchev–Trinajstić information content (AvgIpc) is 2.97. The van der Waals surface area contributed by atoms with Crippen molar-refractivity contribution in [2.45, 2.75) is 22.6 Å². The number of aryl methyl sites for hydroxylation is 1. The van der Waals surface area contributed by atoms with Crippen LogP contribution >= 0.6 is 23.4 Å². The van der Waals surface area contributed by atoms with E-state index >= 15 is 0 Å². The lowest BCUT2D eigenvalue weighted by atomic mass is 10.0. The van der Waals surface area contributed by atoms with Gasteiger partial charge in [-0.3, -0.25) is 16.0 Å². The van der Waals surface area contributed by atoms with Crippen molar-refractivity contribution in [1.82, 2.24) is 15.2 Å². The second kappa shape index (κ2) is 5.17. The van der Waals surface area contributed by atoms with Gasteiger partial charge in [0.15, 0.2) is 0 Å². The Kier molecular flexibility index (Phi) is 3.54. The molecule has 0 saturated heterocycles. The van der Waals surface area contributed by atoms with Gasteiger partial charge in [-0.15, -0.1) is 11.8 Å². The summed E-state index contributed by atoms with van der Waals surface area (Å²) in [5.41, 5.74) is 5.21. The molecule has 0 spiro atoms. The van der Waals surface area contributed by atoms with Crippen molar-refractivity contribution in [3.8, 4) is 0 Å². The summed E-state index contributed by atoms with van der Waals surface area (Å²) in [7, 11) is 1.89. The van der Waals surface area contributed by atoms with Crippen molar-refractivity contribution in [2.75, 3.05) is 0 Å². The van der Waals surface area contributed by atoms with Crippen LogP contribution in [0.15, 0.2) is 35.4 Å². The van der Waals surface area contributed by atoms with E-state index < -0.39 is 0 Å². The van der Waals surface area contributed by atoms with Gasteiger partial charge in [0.25, 0.3) is 0 Å². The van der Waals surface area contributed by atoms with Gasteiger partial charge in [-0.2, -0.15) is 5.10 Å². The lowest BCUT2D eigenvalue weighted by Crippen LogP contribution is -2.36. The smallest absolute Gasteiger partial charge is 0.0834 e. The van der Waals surface area contributed by atoms with Gasteiger partial charge in [0, 0.05) is 17.2 Å². The first kappa shape index (κ1) is 13.0.